The highest BCUT2D eigenvalue weighted by Crippen LogP contribution is 2.25. The molecule has 0 saturated carbocycles. The summed E-state index contributed by atoms with van der Waals surface area (Å²) >= 11 is 0. The first kappa shape index (κ1) is 13.3. The molecule has 0 fully saturated rings. The maximum atomic E-state index is 5.82. The van der Waals surface area contributed by atoms with Gasteiger partial charge in [0.05, 0.1) is 5.69 Å². The van der Waals surface area contributed by atoms with Gasteiger partial charge < -0.3 is 5.73 Å². The highest BCUT2D eigenvalue weighted by atomic mass is 15.5. The minimum atomic E-state index is 0.730. The molecule has 0 spiro atoms. The summed E-state index contributed by atoms with van der Waals surface area (Å²) in [7, 11) is 0. The second-order valence-corrected chi connectivity index (χ2v) is 4.97. The number of aromatic nitrogens is 4. The third-order valence-corrected chi connectivity index (χ3v) is 3.56. The molecule has 0 aliphatic heterocycles. The zero-order valence-electron chi connectivity index (χ0n) is 12.1. The molecule has 0 atom stereocenters. The monoisotopic (exact) mass is 279 g/mol. The first-order valence-electron chi connectivity index (χ1n) is 6.94. The van der Waals surface area contributed by atoms with Gasteiger partial charge in [-0.1, -0.05) is 25.1 Å². The van der Waals surface area contributed by atoms with E-state index >= 15 is 0 Å². The Labute approximate surface area is 123 Å². The molecule has 0 unspecified atom stereocenters. The maximum absolute atomic E-state index is 5.82. The zero-order valence-corrected chi connectivity index (χ0v) is 12.1. The molecule has 2 aromatic carbocycles. The van der Waals surface area contributed by atoms with Crippen LogP contribution in [0.1, 0.15) is 18.1 Å². The van der Waals surface area contributed by atoms with Gasteiger partial charge in [0.25, 0.3) is 0 Å². The number of para-hydroxylation sites is 1. The van der Waals surface area contributed by atoms with Crippen molar-refractivity contribution in [1.29, 1.82) is 0 Å². The van der Waals surface area contributed by atoms with Gasteiger partial charge in [-0.25, -0.2) is 0 Å². The molecule has 1 heterocycles. The fourth-order valence-corrected chi connectivity index (χ4v) is 2.47. The van der Waals surface area contributed by atoms with Gasteiger partial charge in [0.15, 0.2) is 5.82 Å². The number of tetrazole rings is 1. The highest BCUT2D eigenvalue weighted by Gasteiger charge is 2.14. The molecule has 3 rings (SSSR count). The van der Waals surface area contributed by atoms with Crippen molar-refractivity contribution in [1.82, 2.24) is 20.2 Å². The molecule has 0 radical (unpaired) electrons. The van der Waals surface area contributed by atoms with Crippen LogP contribution in [0.3, 0.4) is 0 Å². The van der Waals surface area contributed by atoms with Crippen LogP contribution in [0.15, 0.2) is 42.5 Å². The van der Waals surface area contributed by atoms with Gasteiger partial charge in [-0.15, -0.1) is 5.10 Å². The average Bonchev–Trinajstić information content (AvgIpc) is 2.96. The Morgan fingerprint density at radius 1 is 1.14 bits per heavy atom. The molecular weight excluding hydrogens is 262 g/mol. The largest absolute Gasteiger partial charge is 0.399 e. The number of nitrogen functional groups attached to an aromatic ring is 1. The number of anilines is 1. The molecule has 0 saturated heterocycles. The maximum Gasteiger partial charge on any atom is 0.187 e. The SMILES string of the molecule is CCc1ccccc1-n1nnnc1-c1ccc(N)cc1C. The van der Waals surface area contributed by atoms with E-state index in [1.54, 1.807) is 4.68 Å². The topological polar surface area (TPSA) is 69.6 Å². The Balaban J connectivity index is 2.17. The van der Waals surface area contributed by atoms with Crippen LogP contribution in [0, 0.1) is 6.92 Å². The van der Waals surface area contributed by atoms with E-state index in [-0.39, 0.29) is 0 Å². The number of aryl methyl sites for hydroxylation is 2. The van der Waals surface area contributed by atoms with Crippen LogP contribution in [0.25, 0.3) is 17.1 Å². The molecule has 0 aliphatic rings. The Bertz CT molecular complexity index is 776. The van der Waals surface area contributed by atoms with Gasteiger partial charge in [-0.3, -0.25) is 0 Å². The predicted octanol–water partition coefficient (Wildman–Crippen LogP) is 2.78. The first-order chi connectivity index (χ1) is 10.2. The quantitative estimate of drug-likeness (QED) is 0.748. The molecule has 0 bridgehead atoms. The van der Waals surface area contributed by atoms with Crippen molar-refractivity contribution in [2.24, 2.45) is 0 Å². The number of rotatable bonds is 3. The molecule has 1 aromatic heterocycles. The van der Waals surface area contributed by atoms with Crippen molar-refractivity contribution in [3.63, 3.8) is 0 Å². The summed E-state index contributed by atoms with van der Waals surface area (Å²) in [6, 6.07) is 13.9. The smallest absolute Gasteiger partial charge is 0.187 e. The molecule has 106 valence electrons. The second-order valence-electron chi connectivity index (χ2n) is 4.97. The van der Waals surface area contributed by atoms with Crippen molar-refractivity contribution in [2.45, 2.75) is 20.3 Å². The Hall–Kier alpha value is -2.69. The van der Waals surface area contributed by atoms with E-state index in [1.165, 1.54) is 5.56 Å². The number of hydrogen-bond donors (Lipinski definition) is 1. The van der Waals surface area contributed by atoms with E-state index < -0.39 is 0 Å². The lowest BCUT2D eigenvalue weighted by Crippen LogP contribution is -2.04. The lowest BCUT2D eigenvalue weighted by Gasteiger charge is -2.10. The van der Waals surface area contributed by atoms with Crippen molar-refractivity contribution < 1.29 is 0 Å². The molecule has 0 amide bonds. The summed E-state index contributed by atoms with van der Waals surface area (Å²) in [5.41, 5.74) is 10.8. The highest BCUT2D eigenvalue weighted by molar-refractivity contribution is 5.65. The molecule has 5 nitrogen and oxygen atoms in total. The second kappa shape index (κ2) is 5.36. The Kier molecular flexibility index (Phi) is 3.39. The van der Waals surface area contributed by atoms with Crippen molar-refractivity contribution >= 4 is 5.69 Å². The molecule has 3 aromatic rings. The summed E-state index contributed by atoms with van der Waals surface area (Å²) in [4.78, 5) is 0. The van der Waals surface area contributed by atoms with Gasteiger partial charge in [-0.05, 0) is 59.2 Å². The molecule has 21 heavy (non-hydrogen) atoms. The molecular formula is C16H17N5. The first-order valence-corrected chi connectivity index (χ1v) is 6.94. The standard InChI is InChI=1S/C16H17N5/c1-3-12-6-4-5-7-15(12)21-16(18-19-20-21)14-9-8-13(17)10-11(14)2/h4-10H,3,17H2,1-2H3. The normalized spacial score (nSPS) is 10.8. The fraction of sp³-hybridized carbons (Fsp3) is 0.188. The van der Waals surface area contributed by atoms with Crippen molar-refractivity contribution in [2.75, 3.05) is 5.73 Å². The Morgan fingerprint density at radius 3 is 2.71 bits per heavy atom. The number of benzene rings is 2. The minimum Gasteiger partial charge on any atom is -0.399 e. The third kappa shape index (κ3) is 2.38. The van der Waals surface area contributed by atoms with Crippen LogP contribution in [0.2, 0.25) is 0 Å². The number of nitrogens with zero attached hydrogens (tertiary/aromatic N) is 4. The summed E-state index contributed by atoms with van der Waals surface area (Å²) < 4.78 is 1.79. The van der Waals surface area contributed by atoms with Crippen LogP contribution in [0.5, 0.6) is 0 Å². The number of hydrogen-bond acceptors (Lipinski definition) is 4. The van der Waals surface area contributed by atoms with Crippen LogP contribution >= 0.6 is 0 Å². The zero-order chi connectivity index (χ0) is 14.8. The Morgan fingerprint density at radius 2 is 1.95 bits per heavy atom. The minimum absolute atomic E-state index is 0.730. The van der Waals surface area contributed by atoms with E-state index in [2.05, 4.69) is 28.5 Å². The lowest BCUT2D eigenvalue weighted by atomic mass is 10.1. The van der Waals surface area contributed by atoms with E-state index in [1.807, 2.05) is 43.3 Å². The molecule has 0 aliphatic carbocycles. The third-order valence-electron chi connectivity index (χ3n) is 3.56. The van der Waals surface area contributed by atoms with Crippen LogP contribution < -0.4 is 5.73 Å². The van der Waals surface area contributed by atoms with E-state index in [0.29, 0.717) is 0 Å². The van der Waals surface area contributed by atoms with Gasteiger partial charge in [0.2, 0.25) is 0 Å². The lowest BCUT2D eigenvalue weighted by molar-refractivity contribution is 0.783. The summed E-state index contributed by atoms with van der Waals surface area (Å²) in [6.07, 6.45) is 0.927. The number of nitrogens with two attached hydrogens (primary N) is 1. The van der Waals surface area contributed by atoms with E-state index in [9.17, 15) is 0 Å². The predicted molar refractivity (Wildman–Crippen MR) is 83.1 cm³/mol. The summed E-state index contributed by atoms with van der Waals surface area (Å²) in [6.45, 7) is 4.13. The van der Waals surface area contributed by atoms with Gasteiger partial charge in [-0.2, -0.15) is 4.68 Å². The van der Waals surface area contributed by atoms with E-state index in [4.69, 9.17) is 5.73 Å². The average molecular weight is 279 g/mol. The van der Waals surface area contributed by atoms with Gasteiger partial charge in [0, 0.05) is 11.3 Å². The van der Waals surface area contributed by atoms with Crippen molar-refractivity contribution in [3.8, 4) is 17.1 Å². The van der Waals surface area contributed by atoms with Crippen LogP contribution in [-0.2, 0) is 6.42 Å². The summed E-state index contributed by atoms with van der Waals surface area (Å²) in [5, 5.41) is 12.2. The van der Waals surface area contributed by atoms with Gasteiger partial charge in [0.1, 0.15) is 0 Å². The van der Waals surface area contributed by atoms with Gasteiger partial charge >= 0.3 is 0 Å². The van der Waals surface area contributed by atoms with Crippen LogP contribution in [-0.4, -0.2) is 20.2 Å². The fourth-order valence-electron chi connectivity index (χ4n) is 2.47. The van der Waals surface area contributed by atoms with Crippen molar-refractivity contribution in [3.05, 3.63) is 53.6 Å². The molecule has 2 N–H and O–H groups in total. The summed E-state index contributed by atoms with van der Waals surface area (Å²) in [5.74, 6) is 0.730. The van der Waals surface area contributed by atoms with Crippen LogP contribution in [0.4, 0.5) is 5.69 Å². The van der Waals surface area contributed by atoms with E-state index in [0.717, 1.165) is 34.7 Å². The molecule has 5 heteroatoms.